The molecule has 30 atom stereocenters. The minimum absolute atomic E-state index is 0.0520. The maximum atomic E-state index is 12.6. The van der Waals surface area contributed by atoms with Gasteiger partial charge in [-0.15, -0.1) is 0 Å². The third-order valence-corrected chi connectivity index (χ3v) is 22.2. The Morgan fingerprint density at radius 2 is 1.15 bits per heavy atom. The summed E-state index contributed by atoms with van der Waals surface area (Å²) in [6, 6.07) is 0. The van der Waals surface area contributed by atoms with Crippen LogP contribution in [-0.2, 0) is 52.2 Å². The lowest BCUT2D eigenvalue weighted by Crippen LogP contribution is -2.75. The van der Waals surface area contributed by atoms with Crippen LogP contribution in [0.15, 0.2) is 0 Å². The van der Waals surface area contributed by atoms with Gasteiger partial charge in [0, 0.05) is 18.3 Å². The van der Waals surface area contributed by atoms with Gasteiger partial charge in [0.2, 0.25) is 0 Å². The fourth-order valence-electron chi connectivity index (χ4n) is 18.0. The predicted octanol–water partition coefficient (Wildman–Crippen LogP) is -2.21. The van der Waals surface area contributed by atoms with Crippen LogP contribution in [0, 0.1) is 50.2 Å². The van der Waals surface area contributed by atoms with Crippen LogP contribution in [0.2, 0.25) is 0 Å². The van der Waals surface area contributed by atoms with E-state index in [1.165, 1.54) is 6.92 Å². The zero-order valence-electron chi connectivity index (χ0n) is 45.9. The Hall–Kier alpha value is -1.41. The minimum atomic E-state index is -1.91. The van der Waals surface area contributed by atoms with E-state index in [1.807, 2.05) is 0 Å². The molecule has 2 bridgehead atoms. The molecule has 5 saturated heterocycles. The van der Waals surface area contributed by atoms with Crippen molar-refractivity contribution in [3.05, 3.63) is 0 Å². The summed E-state index contributed by atoms with van der Waals surface area (Å²) >= 11 is 0. The zero-order chi connectivity index (χ0) is 56.8. The molecular formula is C54H88O24. The van der Waals surface area contributed by atoms with Gasteiger partial charge in [-0.05, 0) is 91.3 Å². The fourth-order valence-corrected chi connectivity index (χ4v) is 18.0. The molecule has 5 aliphatic heterocycles. The summed E-state index contributed by atoms with van der Waals surface area (Å²) in [4.78, 5) is 12.6. The van der Waals surface area contributed by atoms with Crippen molar-refractivity contribution in [2.24, 2.45) is 50.2 Å². The topological polar surface area (TPSA) is 372 Å². The lowest BCUT2D eigenvalue weighted by Gasteiger charge is -2.75. The van der Waals surface area contributed by atoms with Gasteiger partial charge >= 0.3 is 5.97 Å². The molecule has 448 valence electrons. The van der Waals surface area contributed by atoms with Crippen molar-refractivity contribution < 1.29 is 119 Å². The van der Waals surface area contributed by atoms with E-state index >= 15 is 0 Å². The maximum Gasteiger partial charge on any atom is 0.302 e. The molecule has 0 amide bonds. The van der Waals surface area contributed by atoms with Gasteiger partial charge in [-0.1, -0.05) is 48.5 Å². The molecule has 0 aromatic heterocycles. The van der Waals surface area contributed by atoms with Crippen molar-refractivity contribution in [1.82, 2.24) is 0 Å². The van der Waals surface area contributed by atoms with Crippen LogP contribution in [0.25, 0.3) is 0 Å². The van der Waals surface area contributed by atoms with Crippen molar-refractivity contribution in [1.29, 1.82) is 0 Å². The summed E-state index contributed by atoms with van der Waals surface area (Å²) in [7, 11) is 0. The van der Waals surface area contributed by atoms with Crippen LogP contribution in [0.1, 0.15) is 113 Å². The highest BCUT2D eigenvalue weighted by Gasteiger charge is 2.84. The average Bonchev–Trinajstić information content (AvgIpc) is 3.69. The molecule has 24 nitrogen and oxygen atoms in total. The van der Waals surface area contributed by atoms with Gasteiger partial charge in [-0.2, -0.15) is 0 Å². The molecule has 5 saturated carbocycles. The molecule has 0 aromatic rings. The first-order chi connectivity index (χ1) is 36.5. The van der Waals surface area contributed by atoms with Crippen molar-refractivity contribution in [3.8, 4) is 0 Å². The number of carbonyl (C=O) groups is 1. The van der Waals surface area contributed by atoms with Gasteiger partial charge in [0.15, 0.2) is 31.5 Å². The number of aliphatic hydroxyl groups excluding tert-OH is 13. The molecule has 1 spiro atoms. The van der Waals surface area contributed by atoms with Crippen molar-refractivity contribution in [2.45, 2.75) is 254 Å². The summed E-state index contributed by atoms with van der Waals surface area (Å²) in [6.45, 7) is 14.4. The molecule has 24 heteroatoms. The Balaban J connectivity index is 0.908. The molecule has 30 unspecified atom stereocenters. The molecule has 0 aromatic carbocycles. The molecule has 13 N–H and O–H groups in total. The van der Waals surface area contributed by atoms with Crippen LogP contribution in [-0.4, -0.2) is 240 Å². The number of rotatable bonds is 11. The second-order valence-corrected chi connectivity index (χ2v) is 26.9. The second kappa shape index (κ2) is 21.0. The molecular weight excluding hydrogens is 1030 g/mol. The van der Waals surface area contributed by atoms with Gasteiger partial charge in [-0.3, -0.25) is 4.79 Å². The number of esters is 1. The van der Waals surface area contributed by atoms with E-state index in [4.69, 9.17) is 47.4 Å². The Bertz CT molecular complexity index is 2150. The molecule has 78 heavy (non-hydrogen) atoms. The highest BCUT2D eigenvalue weighted by Crippen LogP contribution is 2.81. The normalized spacial score (nSPS) is 56.4. The van der Waals surface area contributed by atoms with Gasteiger partial charge in [-0.25, -0.2) is 0 Å². The molecule has 10 rings (SSSR count). The number of aliphatic hydroxyl groups is 13. The van der Waals surface area contributed by atoms with E-state index in [2.05, 4.69) is 48.5 Å². The molecule has 5 heterocycles. The smallest absolute Gasteiger partial charge is 0.302 e. The number of fused-ring (bicyclic) bond motifs is 4. The van der Waals surface area contributed by atoms with Gasteiger partial charge in [0.1, 0.15) is 91.6 Å². The predicted molar refractivity (Wildman–Crippen MR) is 262 cm³/mol. The Labute approximate surface area is 454 Å². The van der Waals surface area contributed by atoms with E-state index in [0.29, 0.717) is 38.5 Å². The van der Waals surface area contributed by atoms with E-state index in [-0.39, 0.29) is 34.0 Å². The number of hydrogen-bond donors (Lipinski definition) is 13. The van der Waals surface area contributed by atoms with Crippen LogP contribution < -0.4 is 0 Å². The molecule has 10 fully saturated rings. The summed E-state index contributed by atoms with van der Waals surface area (Å²) in [5.74, 6) is -0.552. The first kappa shape index (κ1) is 59.7. The highest BCUT2D eigenvalue weighted by atomic mass is 16.8. The average molecular weight is 1120 g/mol. The number of carbonyl (C=O) groups excluding carboxylic acids is 1. The SMILES string of the molecule is CC(=O)OC1CC(C)(C)CC2C13C(O)CC1(C)C4(C)CCC5C(C)(C)C(OC6OCC(OC7OC(CO)C(O)C(O)C7OC7OCC(O)C(O)C7O)C(O)C6OC6OC(CO)C(O)C(O)C6O)CCC5(C)C4CCC21OC3O. The Morgan fingerprint density at radius 3 is 1.82 bits per heavy atom. The van der Waals surface area contributed by atoms with E-state index in [9.17, 15) is 71.2 Å². The quantitative estimate of drug-likeness (QED) is 0.0770. The molecule has 10 aliphatic rings. The van der Waals surface area contributed by atoms with Crippen LogP contribution in [0.5, 0.6) is 0 Å². The largest absolute Gasteiger partial charge is 0.462 e. The Kier molecular flexibility index (Phi) is 16.1. The fraction of sp³-hybridized carbons (Fsp3) is 0.981. The first-order valence-corrected chi connectivity index (χ1v) is 28.2. The summed E-state index contributed by atoms with van der Waals surface area (Å²) in [5.41, 5.74) is -4.09. The van der Waals surface area contributed by atoms with Gasteiger partial charge < -0.3 is 114 Å². The van der Waals surface area contributed by atoms with E-state index in [0.717, 1.165) is 19.3 Å². The number of hydrogen-bond acceptors (Lipinski definition) is 24. The standard InChI is InChI=1S/C54H88O24/c1-22(57)71-32-17-48(2,3)15-29-53-14-10-28-50(6)12-11-31(49(4,5)27(50)9-13-51(28,7)52(53,8)16-30(59)54(29,32)47(68)78-53)75-45-41(77-44-40(67)37(64)34(61)24(18-55)72-44)36(63)26(21-70-45)74-46-42(38(65)35(62)25(19-56)73-46)76-43-39(66)33(60)23(58)20-69-43/h23-47,55-56,58-68H,9-21H2,1-8H3. The monoisotopic (exact) mass is 1120 g/mol. The molecule has 0 radical (unpaired) electrons. The van der Waals surface area contributed by atoms with Crippen LogP contribution >= 0.6 is 0 Å². The zero-order valence-corrected chi connectivity index (χ0v) is 45.9. The highest BCUT2D eigenvalue weighted by molar-refractivity contribution is 5.66. The minimum Gasteiger partial charge on any atom is -0.462 e. The summed E-state index contributed by atoms with van der Waals surface area (Å²) in [6.07, 6.45) is -28.2. The van der Waals surface area contributed by atoms with Gasteiger partial charge in [0.05, 0.1) is 49.7 Å². The van der Waals surface area contributed by atoms with Gasteiger partial charge in [0.25, 0.3) is 0 Å². The van der Waals surface area contributed by atoms with Crippen LogP contribution in [0.4, 0.5) is 0 Å². The maximum absolute atomic E-state index is 12.6. The van der Waals surface area contributed by atoms with E-state index < -0.39 is 189 Å². The summed E-state index contributed by atoms with van der Waals surface area (Å²) in [5, 5.41) is 143. The van der Waals surface area contributed by atoms with Crippen molar-refractivity contribution in [3.63, 3.8) is 0 Å². The lowest BCUT2D eigenvalue weighted by molar-refractivity contribution is -0.392. The second-order valence-electron chi connectivity index (χ2n) is 26.9. The third-order valence-electron chi connectivity index (χ3n) is 22.2. The number of ether oxygens (including phenoxy) is 10. The third kappa shape index (κ3) is 8.94. The lowest BCUT2D eigenvalue weighted by atomic mass is 9.30. The van der Waals surface area contributed by atoms with Crippen molar-refractivity contribution >= 4 is 5.97 Å². The molecule has 5 aliphatic carbocycles. The van der Waals surface area contributed by atoms with Crippen molar-refractivity contribution in [2.75, 3.05) is 26.4 Å². The Morgan fingerprint density at radius 1 is 0.551 bits per heavy atom. The summed E-state index contributed by atoms with van der Waals surface area (Å²) < 4.78 is 61.8. The van der Waals surface area contributed by atoms with Crippen LogP contribution in [0.3, 0.4) is 0 Å². The van der Waals surface area contributed by atoms with E-state index in [1.54, 1.807) is 0 Å². The first-order valence-electron chi connectivity index (χ1n) is 28.2.